The zero-order chi connectivity index (χ0) is 38.7. The van der Waals surface area contributed by atoms with Crippen molar-refractivity contribution < 1.29 is 90.9 Å². The molecule has 10 N–H and O–H groups in total. The van der Waals surface area contributed by atoms with Crippen LogP contribution in [0.2, 0.25) is 0 Å². The van der Waals surface area contributed by atoms with Crippen molar-refractivity contribution in [2.45, 2.75) is 125 Å². The van der Waals surface area contributed by atoms with Crippen LogP contribution in [-0.4, -0.2) is 185 Å². The Kier molecular flexibility index (Phi) is 17.2. The van der Waals surface area contributed by atoms with Gasteiger partial charge in [-0.15, -0.1) is 0 Å². The molecule has 15 atom stereocenters. The molecule has 0 aromatic carbocycles. The largest absolute Gasteiger partial charge is 0.397 e. The number of carbonyl (C=O) groups is 2. The number of amides is 2. The van der Waals surface area contributed by atoms with Crippen molar-refractivity contribution in [1.82, 2.24) is 10.6 Å². The van der Waals surface area contributed by atoms with E-state index in [0.29, 0.717) is 19.3 Å². The predicted octanol–water partition coefficient (Wildman–Crippen LogP) is -4.95. The number of rotatable bonds is 18. The van der Waals surface area contributed by atoms with Crippen molar-refractivity contribution in [2.75, 3.05) is 33.0 Å². The molecule has 3 fully saturated rings. The molecule has 0 aliphatic carbocycles. The number of carbonyl (C=O) groups excluding carboxylic acids is 2. The molecule has 300 valence electrons. The van der Waals surface area contributed by atoms with Gasteiger partial charge in [0.2, 0.25) is 11.8 Å². The molecule has 0 aromatic rings. The number of nitrogens with zero attached hydrogens (tertiary/aromatic N) is 3. The van der Waals surface area contributed by atoms with Crippen molar-refractivity contribution in [3.05, 3.63) is 10.4 Å². The highest BCUT2D eigenvalue weighted by atomic mass is 32.3. The van der Waals surface area contributed by atoms with Gasteiger partial charge in [0.05, 0.1) is 19.8 Å². The standard InChI is InChI=1S/C27H47N5O19S/c1-11(34)30-16-21(39)18(36)13(8-33)48-25(16)46-9-14-20(38)24(17(31-12(2)35)26(49-14)45-7-5-3-4-6-29-32-28)51-27-23(41)22(40)19(37)15(50-27)10-47-52(42,43)44/h13-27,33,36-41H,3-10H2,1-2H3,(H,30,34)(H,31,35)(H,42,43,44)/t13-,14-,15-,16-,17-,18+,19-,20+,21-,22+,23-,24-,25-,26-,27+/m1/s1. The van der Waals surface area contributed by atoms with Crippen LogP contribution in [0.1, 0.15) is 33.1 Å². The Hall–Kier alpha value is -2.40. The lowest BCUT2D eigenvalue weighted by molar-refractivity contribution is -0.348. The molecule has 0 radical (unpaired) electrons. The Morgan fingerprint density at radius 3 is 1.94 bits per heavy atom. The molecule has 0 bridgehead atoms. The molecule has 25 heteroatoms. The van der Waals surface area contributed by atoms with Crippen molar-refractivity contribution >= 4 is 22.2 Å². The molecule has 0 spiro atoms. The van der Waals surface area contributed by atoms with Crippen molar-refractivity contribution in [2.24, 2.45) is 5.11 Å². The van der Waals surface area contributed by atoms with E-state index in [1.807, 2.05) is 0 Å². The molecule has 3 saturated heterocycles. The summed E-state index contributed by atoms with van der Waals surface area (Å²) in [6, 6.07) is -2.75. The van der Waals surface area contributed by atoms with Gasteiger partial charge in [0.25, 0.3) is 0 Å². The van der Waals surface area contributed by atoms with Gasteiger partial charge in [0.15, 0.2) is 18.9 Å². The molecule has 24 nitrogen and oxygen atoms in total. The highest BCUT2D eigenvalue weighted by molar-refractivity contribution is 7.80. The van der Waals surface area contributed by atoms with Crippen molar-refractivity contribution in [1.29, 1.82) is 0 Å². The first-order chi connectivity index (χ1) is 24.5. The van der Waals surface area contributed by atoms with Gasteiger partial charge in [0.1, 0.15) is 73.1 Å². The molecule has 0 saturated carbocycles. The number of nitrogens with one attached hydrogen (secondary N) is 2. The van der Waals surface area contributed by atoms with Gasteiger partial charge < -0.3 is 74.8 Å². The number of azide groups is 1. The lowest BCUT2D eigenvalue weighted by Crippen LogP contribution is -2.68. The summed E-state index contributed by atoms with van der Waals surface area (Å²) in [4.78, 5) is 26.9. The number of hydrogen-bond donors (Lipinski definition) is 10. The van der Waals surface area contributed by atoms with E-state index < -0.39 is 134 Å². The second-order valence-corrected chi connectivity index (χ2v) is 13.3. The van der Waals surface area contributed by atoms with Gasteiger partial charge in [-0.1, -0.05) is 11.5 Å². The fraction of sp³-hybridized carbons (Fsp3) is 0.926. The van der Waals surface area contributed by atoms with Crippen LogP contribution in [0.4, 0.5) is 0 Å². The number of unbranched alkanes of at least 4 members (excludes halogenated alkanes) is 2. The fourth-order valence-corrected chi connectivity index (χ4v) is 6.04. The smallest absolute Gasteiger partial charge is 0.394 e. The second-order valence-electron chi connectivity index (χ2n) is 12.2. The van der Waals surface area contributed by atoms with E-state index >= 15 is 0 Å². The minimum atomic E-state index is -5.03. The van der Waals surface area contributed by atoms with E-state index in [-0.39, 0.29) is 13.2 Å². The van der Waals surface area contributed by atoms with Crippen LogP contribution < -0.4 is 10.6 Å². The summed E-state index contributed by atoms with van der Waals surface area (Å²) in [5, 5.41) is 82.1. The first-order valence-electron chi connectivity index (χ1n) is 16.2. The minimum Gasteiger partial charge on any atom is -0.394 e. The van der Waals surface area contributed by atoms with Gasteiger partial charge in [-0.2, -0.15) is 8.42 Å². The molecule has 3 aliphatic heterocycles. The van der Waals surface area contributed by atoms with Crippen LogP contribution in [0.3, 0.4) is 0 Å². The highest BCUT2D eigenvalue weighted by Gasteiger charge is 2.53. The normalized spacial score (nSPS) is 38.2. The lowest BCUT2D eigenvalue weighted by atomic mass is 9.95. The summed E-state index contributed by atoms with van der Waals surface area (Å²) in [6.07, 6.45) is -20.7. The van der Waals surface area contributed by atoms with Gasteiger partial charge in [-0.05, 0) is 18.4 Å². The van der Waals surface area contributed by atoms with Gasteiger partial charge in [0, 0.05) is 31.9 Å². The fourth-order valence-electron chi connectivity index (χ4n) is 5.73. The maximum absolute atomic E-state index is 12.3. The van der Waals surface area contributed by atoms with E-state index in [4.69, 9.17) is 38.5 Å². The average molecular weight is 778 g/mol. The van der Waals surface area contributed by atoms with E-state index in [9.17, 15) is 53.8 Å². The third-order valence-corrected chi connectivity index (χ3v) is 8.74. The monoisotopic (exact) mass is 777 g/mol. The summed E-state index contributed by atoms with van der Waals surface area (Å²) in [7, 11) is -5.03. The zero-order valence-electron chi connectivity index (χ0n) is 28.1. The summed E-state index contributed by atoms with van der Waals surface area (Å²) in [6.45, 7) is 0.0708. The van der Waals surface area contributed by atoms with Crippen LogP contribution in [0.5, 0.6) is 0 Å². The summed E-state index contributed by atoms with van der Waals surface area (Å²) in [5.74, 6) is -1.30. The molecule has 3 aliphatic rings. The van der Waals surface area contributed by atoms with Crippen LogP contribution in [0, 0.1) is 0 Å². The van der Waals surface area contributed by atoms with Crippen molar-refractivity contribution in [3.63, 3.8) is 0 Å². The quantitative estimate of drug-likeness (QED) is 0.0205. The Balaban J connectivity index is 1.89. The molecule has 0 aromatic heterocycles. The molecular formula is C27H47N5O19S. The summed E-state index contributed by atoms with van der Waals surface area (Å²) < 4.78 is 70.0. The van der Waals surface area contributed by atoms with Crippen LogP contribution in [0.15, 0.2) is 5.11 Å². The predicted molar refractivity (Wildman–Crippen MR) is 166 cm³/mol. The van der Waals surface area contributed by atoms with Gasteiger partial charge in [-0.3, -0.25) is 14.1 Å². The average Bonchev–Trinajstić information content (AvgIpc) is 3.07. The van der Waals surface area contributed by atoms with Gasteiger partial charge in [-0.25, -0.2) is 4.18 Å². The van der Waals surface area contributed by atoms with E-state index in [2.05, 4.69) is 24.8 Å². The molecular weight excluding hydrogens is 730 g/mol. The molecule has 2 amide bonds. The number of ether oxygens (including phenoxy) is 6. The minimum absolute atomic E-state index is 0.00544. The molecule has 0 unspecified atom stereocenters. The summed E-state index contributed by atoms with van der Waals surface area (Å²) in [5.41, 5.74) is 8.46. The van der Waals surface area contributed by atoms with Crippen LogP contribution in [0.25, 0.3) is 10.4 Å². The molecule has 3 heterocycles. The third kappa shape index (κ3) is 12.3. The molecule has 52 heavy (non-hydrogen) atoms. The first kappa shape index (κ1) is 44.0. The number of aliphatic hydroxyl groups excluding tert-OH is 7. The zero-order valence-corrected chi connectivity index (χ0v) is 29.0. The Labute approximate surface area is 297 Å². The molecule has 3 rings (SSSR count). The number of hydrogen-bond acceptors (Lipinski definition) is 19. The maximum atomic E-state index is 12.3. The maximum Gasteiger partial charge on any atom is 0.397 e. The Bertz CT molecular complexity index is 1310. The lowest BCUT2D eigenvalue weighted by Gasteiger charge is -2.48. The van der Waals surface area contributed by atoms with Gasteiger partial charge >= 0.3 is 10.4 Å². The van der Waals surface area contributed by atoms with Crippen LogP contribution in [-0.2, 0) is 52.6 Å². The van der Waals surface area contributed by atoms with E-state index in [1.165, 1.54) is 0 Å². The Morgan fingerprint density at radius 1 is 0.750 bits per heavy atom. The Morgan fingerprint density at radius 2 is 1.33 bits per heavy atom. The van der Waals surface area contributed by atoms with Crippen LogP contribution >= 0.6 is 0 Å². The summed E-state index contributed by atoms with van der Waals surface area (Å²) >= 11 is 0. The topological polar surface area (TPSA) is 368 Å². The SMILES string of the molecule is CC(=O)N[C@H]1[C@H](OC[C@H]2O[C@@H](OCCCCCN=[N+]=[N-])[C@H](NC(C)=O)[C@@H](O[C@@H]3O[C@H](COS(=O)(=O)O)[C@@H](O)[C@H](O)[C@H]3O)[C@H]2O)O[C@H](CO)[C@H](O)[C@@H]1O. The highest BCUT2D eigenvalue weighted by Crippen LogP contribution is 2.31. The van der Waals surface area contributed by atoms with E-state index in [1.54, 1.807) is 0 Å². The number of aliphatic hydroxyl groups is 7. The van der Waals surface area contributed by atoms with Crippen molar-refractivity contribution in [3.8, 4) is 0 Å². The first-order valence-corrected chi connectivity index (χ1v) is 17.6. The van der Waals surface area contributed by atoms with E-state index in [0.717, 1.165) is 13.8 Å². The second kappa shape index (κ2) is 20.3. The third-order valence-electron chi connectivity index (χ3n) is 8.31.